The molecule has 4 saturated heterocycles. The number of hydrogen-bond donors (Lipinski definition) is 1. The number of carbonyl (C=O) groups is 3. The Morgan fingerprint density at radius 2 is 1.69 bits per heavy atom. The molecule has 10 heteroatoms. The Morgan fingerprint density at radius 1 is 1.02 bits per heavy atom. The van der Waals surface area contributed by atoms with E-state index in [0.29, 0.717) is 58.7 Å². The van der Waals surface area contributed by atoms with Crippen molar-refractivity contribution in [2.75, 3.05) is 64.0 Å². The normalized spacial score (nSPS) is 28.6. The van der Waals surface area contributed by atoms with Crippen LogP contribution in [0.2, 0.25) is 0 Å². The van der Waals surface area contributed by atoms with Crippen LogP contribution in [0, 0.1) is 11.8 Å². The van der Waals surface area contributed by atoms with Crippen molar-refractivity contribution < 1.29 is 24.2 Å². The highest BCUT2D eigenvalue weighted by molar-refractivity contribution is 8.02. The molecule has 0 saturated carbocycles. The monoisotopic (exact) mass is 672 g/mol. The molecule has 1 N–H and O–H groups in total. The standard InChI is InChI=1S/C38H48N4O5S/c1-4-18-40(21-20-39-22-24-47-25-23-39)36(46)33-38-17-16-37(3,48-38)31(34(44)41(19-5-2)29-14-10-7-11-15-29)32(38)35(45)42(33)30(27-43)26-28-12-8-6-9-13-28/h4-15,30-33,43H,1-2,16-27H2,3H3/t30-,31-,32+,33?,37+,38?/m1/s1. The molecule has 4 heterocycles. The summed E-state index contributed by atoms with van der Waals surface area (Å²) in [6.07, 6.45) is 5.20. The predicted octanol–water partition coefficient (Wildman–Crippen LogP) is 3.64. The number of amides is 3. The summed E-state index contributed by atoms with van der Waals surface area (Å²) >= 11 is 1.66. The SMILES string of the molecule is C=CCN(CCN1CCOCC1)C(=O)C1N([C@@H](CO)Cc2ccccc2)C(=O)[C@@H]2[C@H](C(=O)N(CC=C)c3ccccc3)[C@]3(C)CCC12S3. The highest BCUT2D eigenvalue weighted by Gasteiger charge is 2.78. The number of nitrogens with zero attached hydrogens (tertiary/aromatic N) is 4. The van der Waals surface area contributed by atoms with E-state index in [-0.39, 0.29) is 24.3 Å². The Hall–Kier alpha value is -3.44. The van der Waals surface area contributed by atoms with Crippen molar-refractivity contribution in [2.45, 2.75) is 47.8 Å². The lowest BCUT2D eigenvalue weighted by Gasteiger charge is -2.40. The number of fused-ring (bicyclic) bond motifs is 1. The van der Waals surface area contributed by atoms with Gasteiger partial charge in [-0.15, -0.1) is 24.9 Å². The lowest BCUT2D eigenvalue weighted by Crippen LogP contribution is -2.58. The van der Waals surface area contributed by atoms with E-state index < -0.39 is 33.4 Å². The fourth-order valence-electron chi connectivity index (χ4n) is 8.48. The van der Waals surface area contributed by atoms with Gasteiger partial charge in [0.1, 0.15) is 6.04 Å². The zero-order chi connectivity index (χ0) is 33.9. The van der Waals surface area contributed by atoms with Gasteiger partial charge >= 0.3 is 0 Å². The number of hydrogen-bond acceptors (Lipinski definition) is 7. The molecule has 0 aliphatic carbocycles. The van der Waals surface area contributed by atoms with Crippen LogP contribution in [0.25, 0.3) is 0 Å². The highest BCUT2D eigenvalue weighted by Crippen LogP contribution is 2.72. The van der Waals surface area contributed by atoms with Crippen LogP contribution in [0.15, 0.2) is 86.0 Å². The largest absolute Gasteiger partial charge is 0.394 e. The fourth-order valence-corrected chi connectivity index (χ4v) is 10.8. The lowest BCUT2D eigenvalue weighted by atomic mass is 9.66. The van der Waals surface area contributed by atoms with Crippen molar-refractivity contribution >= 4 is 35.2 Å². The lowest BCUT2D eigenvalue weighted by molar-refractivity contribution is -0.146. The fraction of sp³-hybridized carbons (Fsp3) is 0.500. The Labute approximate surface area is 288 Å². The van der Waals surface area contributed by atoms with Crippen molar-refractivity contribution in [1.82, 2.24) is 14.7 Å². The summed E-state index contributed by atoms with van der Waals surface area (Å²) in [7, 11) is 0. The minimum Gasteiger partial charge on any atom is -0.394 e. The smallest absolute Gasteiger partial charge is 0.247 e. The van der Waals surface area contributed by atoms with Gasteiger partial charge in [0.15, 0.2) is 0 Å². The molecule has 4 aliphatic rings. The van der Waals surface area contributed by atoms with Gasteiger partial charge in [0.05, 0.1) is 42.4 Å². The number of aliphatic hydroxyl groups excluding tert-OH is 1. The first kappa shape index (κ1) is 34.4. The number of carbonyl (C=O) groups excluding carboxylic acids is 3. The topological polar surface area (TPSA) is 93.6 Å². The molecular formula is C38H48N4O5S. The van der Waals surface area contributed by atoms with Crippen molar-refractivity contribution in [3.63, 3.8) is 0 Å². The summed E-state index contributed by atoms with van der Waals surface area (Å²) in [6, 6.07) is 17.8. The molecule has 4 aliphatic heterocycles. The molecular weight excluding hydrogens is 625 g/mol. The van der Waals surface area contributed by atoms with E-state index in [1.807, 2.05) is 65.6 Å². The molecule has 1 spiro atoms. The number of thioether (sulfide) groups is 1. The number of likely N-dealkylation sites (tertiary alicyclic amines) is 1. The van der Waals surface area contributed by atoms with Crippen LogP contribution < -0.4 is 4.90 Å². The Bertz CT molecular complexity index is 1490. The van der Waals surface area contributed by atoms with Crippen molar-refractivity contribution in [1.29, 1.82) is 0 Å². The van der Waals surface area contributed by atoms with Crippen LogP contribution in [0.5, 0.6) is 0 Å². The first-order valence-electron chi connectivity index (χ1n) is 17.1. The number of morpholine rings is 1. The molecule has 2 unspecified atom stereocenters. The van der Waals surface area contributed by atoms with Gasteiger partial charge in [-0.05, 0) is 43.9 Å². The van der Waals surface area contributed by atoms with Crippen LogP contribution in [0.1, 0.15) is 25.3 Å². The van der Waals surface area contributed by atoms with Crippen LogP contribution >= 0.6 is 11.8 Å². The molecule has 4 fully saturated rings. The van der Waals surface area contributed by atoms with E-state index in [9.17, 15) is 9.90 Å². The van der Waals surface area contributed by atoms with E-state index in [2.05, 4.69) is 25.0 Å². The van der Waals surface area contributed by atoms with Gasteiger partial charge in [0.25, 0.3) is 0 Å². The minimum absolute atomic E-state index is 0.122. The van der Waals surface area contributed by atoms with E-state index in [0.717, 1.165) is 24.3 Å². The molecule has 2 bridgehead atoms. The van der Waals surface area contributed by atoms with Crippen molar-refractivity contribution in [2.24, 2.45) is 11.8 Å². The maximum atomic E-state index is 15.0. The summed E-state index contributed by atoms with van der Waals surface area (Å²) < 4.78 is 4.20. The second-order valence-corrected chi connectivity index (χ2v) is 15.5. The molecule has 2 aromatic rings. The summed E-state index contributed by atoms with van der Waals surface area (Å²) in [5.41, 5.74) is 1.72. The Kier molecular flexibility index (Phi) is 10.5. The van der Waals surface area contributed by atoms with Gasteiger partial charge in [-0.25, -0.2) is 0 Å². The van der Waals surface area contributed by atoms with Gasteiger partial charge in [0, 0.05) is 49.7 Å². The van der Waals surface area contributed by atoms with Gasteiger partial charge in [-0.2, -0.15) is 0 Å². The molecule has 256 valence electrons. The molecule has 48 heavy (non-hydrogen) atoms. The van der Waals surface area contributed by atoms with Crippen molar-refractivity contribution in [3.05, 3.63) is 91.5 Å². The van der Waals surface area contributed by atoms with Gasteiger partial charge in [-0.3, -0.25) is 19.3 Å². The Morgan fingerprint density at radius 3 is 2.33 bits per heavy atom. The third-order valence-corrected chi connectivity index (χ3v) is 12.7. The maximum Gasteiger partial charge on any atom is 0.247 e. The molecule has 3 amide bonds. The van der Waals surface area contributed by atoms with Crippen LogP contribution in [-0.2, 0) is 25.5 Å². The number of anilines is 1. The molecule has 6 atom stereocenters. The van der Waals surface area contributed by atoms with Crippen LogP contribution in [-0.4, -0.2) is 118 Å². The highest BCUT2D eigenvalue weighted by atomic mass is 32.2. The third-order valence-electron chi connectivity index (χ3n) is 10.7. The summed E-state index contributed by atoms with van der Waals surface area (Å²) in [6.45, 7) is 14.4. The summed E-state index contributed by atoms with van der Waals surface area (Å²) in [4.78, 5) is 52.4. The molecule has 9 nitrogen and oxygen atoms in total. The minimum atomic E-state index is -0.824. The Balaban J connectivity index is 1.40. The first-order valence-corrected chi connectivity index (χ1v) is 17.9. The van der Waals surface area contributed by atoms with E-state index >= 15 is 9.59 Å². The van der Waals surface area contributed by atoms with Crippen LogP contribution in [0.4, 0.5) is 5.69 Å². The maximum absolute atomic E-state index is 15.0. The second-order valence-electron chi connectivity index (χ2n) is 13.6. The van der Waals surface area contributed by atoms with Gasteiger partial charge in [0.2, 0.25) is 17.7 Å². The number of para-hydroxylation sites is 1. The average molecular weight is 673 g/mol. The van der Waals surface area contributed by atoms with Crippen molar-refractivity contribution in [3.8, 4) is 0 Å². The second kappa shape index (κ2) is 14.6. The molecule has 0 radical (unpaired) electrons. The average Bonchev–Trinajstić information content (AvgIpc) is 3.69. The number of aliphatic hydroxyl groups is 1. The number of rotatable bonds is 14. The van der Waals surface area contributed by atoms with Crippen LogP contribution in [0.3, 0.4) is 0 Å². The quantitative estimate of drug-likeness (QED) is 0.307. The predicted molar refractivity (Wildman–Crippen MR) is 190 cm³/mol. The number of ether oxygens (including phenoxy) is 1. The van der Waals surface area contributed by atoms with E-state index in [4.69, 9.17) is 4.74 Å². The van der Waals surface area contributed by atoms with Gasteiger partial charge < -0.3 is 24.5 Å². The number of benzene rings is 2. The van der Waals surface area contributed by atoms with Gasteiger partial charge in [-0.1, -0.05) is 60.7 Å². The van der Waals surface area contributed by atoms with E-state index in [1.54, 1.807) is 33.7 Å². The van der Waals surface area contributed by atoms with E-state index in [1.165, 1.54) is 0 Å². The first-order chi connectivity index (χ1) is 23.3. The zero-order valence-electron chi connectivity index (χ0n) is 27.9. The summed E-state index contributed by atoms with van der Waals surface area (Å²) in [5, 5.41) is 10.9. The molecule has 2 aromatic carbocycles. The zero-order valence-corrected chi connectivity index (χ0v) is 28.7. The molecule has 0 aromatic heterocycles. The molecule has 6 rings (SSSR count). The third kappa shape index (κ3) is 6.24. The summed E-state index contributed by atoms with van der Waals surface area (Å²) in [5.74, 6) is -1.81.